The Morgan fingerprint density at radius 2 is 2.08 bits per heavy atom. The zero-order chi connectivity index (χ0) is 17.3. The summed E-state index contributed by atoms with van der Waals surface area (Å²) in [5.41, 5.74) is 0.683. The molecule has 3 aromatic rings. The average Bonchev–Trinajstić information content (AvgIpc) is 2.54. The van der Waals surface area contributed by atoms with Gasteiger partial charge in [0.1, 0.15) is 5.82 Å². The van der Waals surface area contributed by atoms with Gasteiger partial charge in [-0.15, -0.1) is 0 Å². The molecule has 0 bridgehead atoms. The van der Waals surface area contributed by atoms with Crippen molar-refractivity contribution in [1.82, 2.24) is 9.66 Å². The molecule has 0 aliphatic carbocycles. The van der Waals surface area contributed by atoms with Crippen LogP contribution < -0.4 is 10.3 Å². The smallest absolute Gasteiger partial charge is 0.282 e. The third-order valence-corrected chi connectivity index (χ3v) is 3.70. The van der Waals surface area contributed by atoms with E-state index < -0.39 is 5.82 Å². The summed E-state index contributed by atoms with van der Waals surface area (Å²) in [4.78, 5) is 16.8. The molecule has 0 spiro atoms. The second kappa shape index (κ2) is 6.41. The van der Waals surface area contributed by atoms with Crippen LogP contribution in [0.25, 0.3) is 10.9 Å². The molecule has 2 aromatic carbocycles. The van der Waals surface area contributed by atoms with Gasteiger partial charge in [0.05, 0.1) is 24.2 Å². The van der Waals surface area contributed by atoms with Gasteiger partial charge in [0, 0.05) is 5.02 Å². The largest absolute Gasteiger partial charge is 0.494 e. The SMILES string of the molecule is COc1ccc(/C=N\n2c(C)nc3cc(Cl)ccc3c2=O)cc1F. The van der Waals surface area contributed by atoms with Gasteiger partial charge in [0.15, 0.2) is 11.6 Å². The lowest BCUT2D eigenvalue weighted by molar-refractivity contribution is 0.386. The van der Waals surface area contributed by atoms with Crippen LogP contribution in [0, 0.1) is 12.7 Å². The standard InChI is InChI=1S/C17H13ClFN3O2/c1-10-21-15-8-12(18)4-5-13(15)17(23)22(10)20-9-11-3-6-16(24-2)14(19)7-11/h3-9H,1-2H3/b20-9-. The molecule has 0 fully saturated rings. The Kier molecular flexibility index (Phi) is 4.31. The normalized spacial score (nSPS) is 11.3. The van der Waals surface area contributed by atoms with Crippen molar-refractivity contribution in [1.29, 1.82) is 0 Å². The van der Waals surface area contributed by atoms with Gasteiger partial charge in [0.2, 0.25) is 0 Å². The van der Waals surface area contributed by atoms with Crippen molar-refractivity contribution >= 4 is 28.7 Å². The van der Waals surface area contributed by atoms with Gasteiger partial charge in [-0.25, -0.2) is 9.37 Å². The molecular weight excluding hydrogens is 333 g/mol. The summed E-state index contributed by atoms with van der Waals surface area (Å²) < 4.78 is 19.7. The van der Waals surface area contributed by atoms with Gasteiger partial charge in [-0.2, -0.15) is 9.78 Å². The number of ether oxygens (including phenoxy) is 1. The predicted octanol–water partition coefficient (Wildman–Crippen LogP) is 3.39. The van der Waals surface area contributed by atoms with Crippen LogP contribution in [0.5, 0.6) is 5.75 Å². The van der Waals surface area contributed by atoms with Gasteiger partial charge in [0.25, 0.3) is 5.56 Å². The lowest BCUT2D eigenvalue weighted by Crippen LogP contribution is -2.20. The molecule has 0 radical (unpaired) electrons. The van der Waals surface area contributed by atoms with Crippen LogP contribution in [-0.2, 0) is 0 Å². The van der Waals surface area contributed by atoms with E-state index in [4.69, 9.17) is 16.3 Å². The maximum atomic E-state index is 13.7. The number of rotatable bonds is 3. The molecule has 1 aromatic heterocycles. The zero-order valence-corrected chi connectivity index (χ0v) is 13.7. The van der Waals surface area contributed by atoms with E-state index in [1.54, 1.807) is 31.2 Å². The fraction of sp³-hybridized carbons (Fsp3) is 0.118. The Bertz CT molecular complexity index is 1010. The van der Waals surface area contributed by atoms with Crippen LogP contribution >= 0.6 is 11.6 Å². The summed E-state index contributed by atoms with van der Waals surface area (Å²) in [7, 11) is 1.39. The van der Waals surface area contributed by atoms with Crippen molar-refractivity contribution in [2.45, 2.75) is 6.92 Å². The van der Waals surface area contributed by atoms with Gasteiger partial charge < -0.3 is 4.74 Å². The second-order valence-electron chi connectivity index (χ2n) is 5.08. The van der Waals surface area contributed by atoms with Crippen molar-refractivity contribution in [3.63, 3.8) is 0 Å². The van der Waals surface area contributed by atoms with Crippen LogP contribution in [0.3, 0.4) is 0 Å². The van der Waals surface area contributed by atoms with E-state index in [2.05, 4.69) is 10.1 Å². The van der Waals surface area contributed by atoms with E-state index in [9.17, 15) is 9.18 Å². The number of methoxy groups -OCH3 is 1. The minimum absolute atomic E-state index is 0.143. The Labute approximate surface area is 142 Å². The Morgan fingerprint density at radius 1 is 1.29 bits per heavy atom. The first-order valence-electron chi connectivity index (χ1n) is 7.06. The summed E-state index contributed by atoms with van der Waals surface area (Å²) >= 11 is 5.92. The highest BCUT2D eigenvalue weighted by molar-refractivity contribution is 6.31. The highest BCUT2D eigenvalue weighted by Crippen LogP contribution is 2.17. The quantitative estimate of drug-likeness (QED) is 0.684. The summed E-state index contributed by atoms with van der Waals surface area (Å²) in [6.45, 7) is 1.66. The van der Waals surface area contributed by atoms with E-state index >= 15 is 0 Å². The minimum Gasteiger partial charge on any atom is -0.494 e. The third-order valence-electron chi connectivity index (χ3n) is 3.47. The molecule has 122 valence electrons. The first-order chi connectivity index (χ1) is 11.5. The fourth-order valence-electron chi connectivity index (χ4n) is 2.28. The molecule has 24 heavy (non-hydrogen) atoms. The van der Waals surface area contributed by atoms with Crippen molar-refractivity contribution in [2.75, 3.05) is 7.11 Å². The van der Waals surface area contributed by atoms with Crippen molar-refractivity contribution < 1.29 is 9.13 Å². The predicted molar refractivity (Wildman–Crippen MR) is 91.7 cm³/mol. The molecule has 0 saturated heterocycles. The van der Waals surface area contributed by atoms with E-state index in [-0.39, 0.29) is 11.3 Å². The second-order valence-corrected chi connectivity index (χ2v) is 5.51. The highest BCUT2D eigenvalue weighted by atomic mass is 35.5. The maximum absolute atomic E-state index is 13.7. The monoisotopic (exact) mass is 345 g/mol. The van der Waals surface area contributed by atoms with Crippen LogP contribution in [0.2, 0.25) is 5.02 Å². The molecule has 0 unspecified atom stereocenters. The molecule has 7 heteroatoms. The van der Waals surface area contributed by atoms with Crippen LogP contribution in [-0.4, -0.2) is 23.0 Å². The number of hydrogen-bond acceptors (Lipinski definition) is 4. The molecule has 0 N–H and O–H groups in total. The van der Waals surface area contributed by atoms with E-state index in [1.165, 1.54) is 30.1 Å². The summed E-state index contributed by atoms with van der Waals surface area (Å²) in [6, 6.07) is 9.25. The molecule has 1 heterocycles. The molecule has 0 aliphatic rings. The van der Waals surface area contributed by atoms with Crippen LogP contribution in [0.4, 0.5) is 4.39 Å². The van der Waals surface area contributed by atoms with E-state index in [0.29, 0.717) is 27.3 Å². The van der Waals surface area contributed by atoms with Gasteiger partial charge in [-0.3, -0.25) is 4.79 Å². The molecule has 0 amide bonds. The number of hydrogen-bond donors (Lipinski definition) is 0. The Hall–Kier alpha value is -2.73. The number of aryl methyl sites for hydroxylation is 1. The van der Waals surface area contributed by atoms with E-state index in [1.807, 2.05) is 0 Å². The van der Waals surface area contributed by atoms with Crippen molar-refractivity contribution in [3.8, 4) is 5.75 Å². The van der Waals surface area contributed by atoms with Crippen molar-refractivity contribution in [3.05, 3.63) is 69.0 Å². The minimum atomic E-state index is -0.503. The third kappa shape index (κ3) is 3.00. The summed E-state index contributed by atoms with van der Waals surface area (Å²) in [5.74, 6) is 0.0431. The van der Waals surface area contributed by atoms with Gasteiger partial charge in [-0.05, 0) is 48.9 Å². The van der Waals surface area contributed by atoms with Gasteiger partial charge >= 0.3 is 0 Å². The number of benzene rings is 2. The number of halogens is 2. The molecule has 0 saturated carbocycles. The van der Waals surface area contributed by atoms with Crippen molar-refractivity contribution in [2.24, 2.45) is 5.10 Å². The topological polar surface area (TPSA) is 56.5 Å². The Morgan fingerprint density at radius 3 is 2.79 bits per heavy atom. The number of aromatic nitrogens is 2. The fourth-order valence-corrected chi connectivity index (χ4v) is 2.45. The number of nitrogens with zero attached hydrogens (tertiary/aromatic N) is 3. The summed E-state index contributed by atoms with van der Waals surface area (Å²) in [5, 5.41) is 5.03. The molecule has 0 atom stereocenters. The van der Waals surface area contributed by atoms with Crippen LogP contribution in [0.15, 0.2) is 46.3 Å². The molecule has 3 rings (SSSR count). The first kappa shape index (κ1) is 16.1. The molecule has 0 aliphatic heterocycles. The average molecular weight is 346 g/mol. The summed E-state index contributed by atoms with van der Waals surface area (Å²) in [6.07, 6.45) is 1.39. The number of fused-ring (bicyclic) bond motifs is 1. The maximum Gasteiger partial charge on any atom is 0.282 e. The lowest BCUT2D eigenvalue weighted by Gasteiger charge is -2.06. The highest BCUT2D eigenvalue weighted by Gasteiger charge is 2.08. The first-order valence-corrected chi connectivity index (χ1v) is 7.44. The van der Waals surface area contributed by atoms with Gasteiger partial charge in [-0.1, -0.05) is 11.6 Å². The van der Waals surface area contributed by atoms with Crippen LogP contribution in [0.1, 0.15) is 11.4 Å². The Balaban J connectivity index is 2.05. The lowest BCUT2D eigenvalue weighted by atomic mass is 10.2. The zero-order valence-electron chi connectivity index (χ0n) is 13.0. The molecule has 5 nitrogen and oxygen atoms in total. The van der Waals surface area contributed by atoms with E-state index in [0.717, 1.165) is 0 Å². The molecular formula is C17H13ClFN3O2.